The number of hydrogen-bond donors (Lipinski definition) is 1. The average Bonchev–Trinajstić information content (AvgIpc) is 2.92. The maximum absolute atomic E-state index is 13.0. The molecule has 0 atom stereocenters. The second-order valence-corrected chi connectivity index (χ2v) is 5.22. The lowest BCUT2D eigenvalue weighted by molar-refractivity contribution is 0.102. The Hall–Kier alpha value is -3.02. The van der Waals surface area contributed by atoms with Crippen LogP contribution in [-0.4, -0.2) is 20.7 Å². The number of carbonyl (C=O) groups excluding carboxylic acids is 1. The number of benzene rings is 1. The molecule has 116 valence electrons. The first-order chi connectivity index (χ1) is 11.0. The summed E-state index contributed by atoms with van der Waals surface area (Å²) in [4.78, 5) is 16.6. The summed E-state index contributed by atoms with van der Waals surface area (Å²) < 4.78 is 14.6. The minimum atomic E-state index is -0.337. The van der Waals surface area contributed by atoms with E-state index in [1.54, 1.807) is 42.2 Å². The van der Waals surface area contributed by atoms with Gasteiger partial charge in [-0.25, -0.2) is 9.37 Å². The minimum absolute atomic E-state index is 0.287. The third kappa shape index (κ3) is 3.42. The largest absolute Gasteiger partial charge is 0.304 e. The van der Waals surface area contributed by atoms with E-state index in [9.17, 15) is 9.18 Å². The second kappa shape index (κ2) is 6.00. The zero-order valence-electron chi connectivity index (χ0n) is 12.7. The molecular weight excluding hydrogens is 295 g/mol. The molecule has 0 aliphatic carbocycles. The molecule has 0 aliphatic heterocycles. The number of amides is 1. The lowest BCUT2D eigenvalue weighted by atomic mass is 10.0. The predicted octanol–water partition coefficient (Wildman–Crippen LogP) is 3.18. The molecule has 0 bridgehead atoms. The van der Waals surface area contributed by atoms with E-state index >= 15 is 0 Å². The number of aryl methyl sites for hydroxylation is 2. The summed E-state index contributed by atoms with van der Waals surface area (Å²) in [5, 5.41) is 6.80. The average molecular weight is 310 g/mol. The fourth-order valence-corrected chi connectivity index (χ4v) is 2.26. The van der Waals surface area contributed by atoms with Gasteiger partial charge in [-0.3, -0.25) is 9.48 Å². The van der Waals surface area contributed by atoms with Gasteiger partial charge in [-0.15, -0.1) is 0 Å². The molecule has 1 aromatic carbocycles. The van der Waals surface area contributed by atoms with Gasteiger partial charge in [0.05, 0.1) is 0 Å². The Morgan fingerprint density at radius 2 is 1.87 bits per heavy atom. The van der Waals surface area contributed by atoms with Crippen molar-refractivity contribution in [2.75, 3.05) is 5.32 Å². The lowest BCUT2D eigenvalue weighted by Crippen LogP contribution is -2.15. The van der Waals surface area contributed by atoms with Crippen LogP contribution in [0.4, 0.5) is 10.2 Å². The van der Waals surface area contributed by atoms with E-state index < -0.39 is 0 Å². The highest BCUT2D eigenvalue weighted by atomic mass is 19.1. The fraction of sp³-hybridized carbons (Fsp3) is 0.118. The van der Waals surface area contributed by atoms with Gasteiger partial charge in [0, 0.05) is 25.0 Å². The van der Waals surface area contributed by atoms with Crippen molar-refractivity contribution >= 4 is 11.7 Å². The van der Waals surface area contributed by atoms with E-state index in [1.807, 2.05) is 13.0 Å². The Morgan fingerprint density at radius 3 is 2.52 bits per heavy atom. The zero-order valence-corrected chi connectivity index (χ0v) is 12.7. The molecule has 0 unspecified atom stereocenters. The smallest absolute Gasteiger partial charge is 0.275 e. The maximum atomic E-state index is 13.0. The highest BCUT2D eigenvalue weighted by Crippen LogP contribution is 2.21. The molecule has 6 heteroatoms. The van der Waals surface area contributed by atoms with Gasteiger partial charge in [-0.05, 0) is 42.3 Å². The summed E-state index contributed by atoms with van der Waals surface area (Å²) in [7, 11) is 1.77. The Balaban J connectivity index is 1.90. The summed E-state index contributed by atoms with van der Waals surface area (Å²) in [5.41, 5.74) is 2.63. The summed E-state index contributed by atoms with van der Waals surface area (Å²) in [6.45, 7) is 1.81. The van der Waals surface area contributed by atoms with E-state index in [1.165, 1.54) is 12.1 Å². The van der Waals surface area contributed by atoms with Gasteiger partial charge in [0.2, 0.25) is 0 Å². The number of nitrogens with zero attached hydrogens (tertiary/aromatic N) is 3. The van der Waals surface area contributed by atoms with Crippen LogP contribution in [0, 0.1) is 12.7 Å². The first-order valence-electron chi connectivity index (χ1n) is 7.07. The van der Waals surface area contributed by atoms with Gasteiger partial charge in [-0.1, -0.05) is 12.1 Å². The molecule has 1 N–H and O–H groups in total. The van der Waals surface area contributed by atoms with Crippen LogP contribution >= 0.6 is 0 Å². The van der Waals surface area contributed by atoms with Crippen molar-refractivity contribution < 1.29 is 9.18 Å². The lowest BCUT2D eigenvalue weighted by Gasteiger charge is -2.07. The van der Waals surface area contributed by atoms with Crippen molar-refractivity contribution in [3.8, 4) is 11.1 Å². The summed E-state index contributed by atoms with van der Waals surface area (Å²) in [6, 6.07) is 11.4. The number of aromatic nitrogens is 3. The van der Waals surface area contributed by atoms with E-state index in [4.69, 9.17) is 0 Å². The molecule has 0 saturated carbocycles. The van der Waals surface area contributed by atoms with Crippen molar-refractivity contribution in [1.29, 1.82) is 0 Å². The Bertz CT molecular complexity index is 855. The Labute approximate surface area is 132 Å². The summed E-state index contributed by atoms with van der Waals surface area (Å²) >= 11 is 0. The highest BCUT2D eigenvalue weighted by molar-refractivity contribution is 6.03. The van der Waals surface area contributed by atoms with Crippen molar-refractivity contribution in [3.63, 3.8) is 0 Å². The molecule has 1 amide bonds. The van der Waals surface area contributed by atoms with Crippen LogP contribution in [0.1, 0.15) is 16.2 Å². The van der Waals surface area contributed by atoms with Crippen LogP contribution in [0.25, 0.3) is 11.1 Å². The van der Waals surface area contributed by atoms with Crippen molar-refractivity contribution in [3.05, 3.63) is 65.9 Å². The van der Waals surface area contributed by atoms with Gasteiger partial charge < -0.3 is 5.32 Å². The van der Waals surface area contributed by atoms with Crippen LogP contribution in [-0.2, 0) is 7.05 Å². The normalized spacial score (nSPS) is 10.6. The zero-order chi connectivity index (χ0) is 16.4. The summed E-state index contributed by atoms with van der Waals surface area (Å²) in [6.07, 6.45) is 1.74. The number of carbonyl (C=O) groups is 1. The van der Waals surface area contributed by atoms with E-state index in [0.29, 0.717) is 11.5 Å². The number of anilines is 1. The van der Waals surface area contributed by atoms with Gasteiger partial charge in [0.1, 0.15) is 11.5 Å². The van der Waals surface area contributed by atoms with Crippen LogP contribution in [0.15, 0.2) is 48.7 Å². The quantitative estimate of drug-likeness (QED) is 0.808. The first-order valence-corrected chi connectivity index (χ1v) is 7.07. The van der Waals surface area contributed by atoms with Crippen LogP contribution in [0.3, 0.4) is 0 Å². The number of rotatable bonds is 3. The number of halogens is 1. The van der Waals surface area contributed by atoms with Gasteiger partial charge in [0.25, 0.3) is 5.91 Å². The third-order valence-electron chi connectivity index (χ3n) is 3.32. The van der Waals surface area contributed by atoms with Crippen LogP contribution in [0.5, 0.6) is 0 Å². The first kappa shape index (κ1) is 14.9. The Kier molecular flexibility index (Phi) is 3.89. The van der Waals surface area contributed by atoms with Gasteiger partial charge in [-0.2, -0.15) is 5.10 Å². The van der Waals surface area contributed by atoms with Crippen molar-refractivity contribution in [2.45, 2.75) is 6.92 Å². The highest BCUT2D eigenvalue weighted by Gasteiger charge is 2.12. The molecule has 0 radical (unpaired) electrons. The number of nitrogens with one attached hydrogen (secondary N) is 1. The van der Waals surface area contributed by atoms with Crippen LogP contribution < -0.4 is 5.32 Å². The SMILES string of the molecule is Cc1cc(-c2ccc(F)cc2)cc(C(=O)Nc2ccn(C)n2)n1. The van der Waals surface area contributed by atoms with Gasteiger partial charge in [0.15, 0.2) is 5.82 Å². The molecule has 5 nitrogen and oxygen atoms in total. The molecule has 3 rings (SSSR count). The van der Waals surface area contributed by atoms with Crippen molar-refractivity contribution in [1.82, 2.24) is 14.8 Å². The van der Waals surface area contributed by atoms with Crippen molar-refractivity contribution in [2.24, 2.45) is 7.05 Å². The maximum Gasteiger partial charge on any atom is 0.275 e. The Morgan fingerprint density at radius 1 is 1.13 bits per heavy atom. The molecule has 0 fully saturated rings. The van der Waals surface area contributed by atoms with Gasteiger partial charge >= 0.3 is 0 Å². The topological polar surface area (TPSA) is 59.8 Å². The molecule has 0 saturated heterocycles. The second-order valence-electron chi connectivity index (χ2n) is 5.22. The molecule has 3 aromatic rings. The molecule has 2 aromatic heterocycles. The van der Waals surface area contributed by atoms with Crippen LogP contribution in [0.2, 0.25) is 0 Å². The molecular formula is C17H15FN4O. The standard InChI is InChI=1S/C17H15FN4O/c1-11-9-13(12-3-5-14(18)6-4-12)10-15(19-11)17(23)20-16-7-8-22(2)21-16/h3-10H,1-2H3,(H,20,21,23). The number of hydrogen-bond acceptors (Lipinski definition) is 3. The molecule has 0 spiro atoms. The van der Waals surface area contributed by atoms with E-state index in [2.05, 4.69) is 15.4 Å². The molecule has 0 aliphatic rings. The van der Waals surface area contributed by atoms with E-state index in [0.717, 1.165) is 11.1 Å². The molecule has 23 heavy (non-hydrogen) atoms. The minimum Gasteiger partial charge on any atom is -0.304 e. The number of pyridine rings is 1. The molecule has 2 heterocycles. The van der Waals surface area contributed by atoms with E-state index in [-0.39, 0.29) is 17.4 Å². The summed E-state index contributed by atoms with van der Waals surface area (Å²) in [5.74, 6) is -0.174. The third-order valence-corrected chi connectivity index (χ3v) is 3.32. The predicted molar refractivity (Wildman–Crippen MR) is 85.5 cm³/mol. The fourth-order valence-electron chi connectivity index (χ4n) is 2.26. The monoisotopic (exact) mass is 310 g/mol.